The number of benzene rings is 3. The zero-order chi connectivity index (χ0) is 23.6. The summed E-state index contributed by atoms with van der Waals surface area (Å²) in [4.78, 5) is 41.1. The summed E-state index contributed by atoms with van der Waals surface area (Å²) >= 11 is 5.86. The van der Waals surface area contributed by atoms with Crippen molar-refractivity contribution in [1.29, 1.82) is 0 Å². The molecule has 170 valence electrons. The number of likely N-dealkylation sites (N-methyl/N-ethyl adjacent to an activating group) is 1. The zero-order valence-corrected chi connectivity index (χ0v) is 19.1. The minimum Gasteiger partial charge on any atom is -0.492 e. The van der Waals surface area contributed by atoms with Crippen LogP contribution in [0.2, 0.25) is 5.02 Å². The number of carbonyl (C=O) groups excluding carboxylic acids is 3. The highest BCUT2D eigenvalue weighted by Crippen LogP contribution is 2.33. The van der Waals surface area contributed by atoms with E-state index in [-0.39, 0.29) is 19.1 Å². The number of fused-ring (bicyclic) bond motifs is 1. The molecule has 1 atom stereocenters. The van der Waals surface area contributed by atoms with E-state index in [1.807, 2.05) is 42.5 Å². The summed E-state index contributed by atoms with van der Waals surface area (Å²) in [5.41, 5.74) is -0.562. The average molecular weight is 466 g/mol. The minimum absolute atomic E-state index is 0.262. The molecule has 1 unspecified atom stereocenters. The number of halogens is 1. The van der Waals surface area contributed by atoms with Gasteiger partial charge in [-0.25, -0.2) is 4.79 Å². The van der Waals surface area contributed by atoms with E-state index >= 15 is 0 Å². The van der Waals surface area contributed by atoms with Gasteiger partial charge in [-0.1, -0.05) is 54.1 Å². The number of hydrogen-bond donors (Lipinski definition) is 1. The van der Waals surface area contributed by atoms with Crippen LogP contribution in [0.15, 0.2) is 66.7 Å². The van der Waals surface area contributed by atoms with Crippen molar-refractivity contribution in [2.75, 3.05) is 26.7 Å². The molecular weight excluding hydrogens is 442 g/mol. The van der Waals surface area contributed by atoms with E-state index in [0.717, 1.165) is 15.7 Å². The second-order valence-electron chi connectivity index (χ2n) is 8.09. The van der Waals surface area contributed by atoms with E-state index < -0.39 is 17.5 Å². The van der Waals surface area contributed by atoms with Crippen LogP contribution in [-0.2, 0) is 15.1 Å². The summed E-state index contributed by atoms with van der Waals surface area (Å²) < 4.78 is 5.61. The SMILES string of the molecule is CN(CCOc1ccc(Cl)cc1)C(=O)CN1C(=O)NC(C)(c2cccc3ccccc23)C1=O. The van der Waals surface area contributed by atoms with E-state index in [1.54, 1.807) is 38.2 Å². The molecule has 0 bridgehead atoms. The molecule has 0 radical (unpaired) electrons. The molecule has 0 saturated carbocycles. The Labute approximate surface area is 196 Å². The molecule has 8 heteroatoms. The molecule has 3 aromatic carbocycles. The highest BCUT2D eigenvalue weighted by molar-refractivity contribution is 6.30. The molecular formula is C25H24ClN3O4. The summed E-state index contributed by atoms with van der Waals surface area (Å²) in [5, 5.41) is 5.23. The first-order valence-corrected chi connectivity index (χ1v) is 10.9. The number of urea groups is 1. The number of nitrogens with zero attached hydrogens (tertiary/aromatic N) is 2. The fourth-order valence-corrected chi connectivity index (χ4v) is 4.02. The van der Waals surface area contributed by atoms with E-state index in [9.17, 15) is 14.4 Å². The lowest BCUT2D eigenvalue weighted by atomic mass is 9.88. The first-order chi connectivity index (χ1) is 15.8. The predicted octanol–water partition coefficient (Wildman–Crippen LogP) is 3.80. The summed E-state index contributed by atoms with van der Waals surface area (Å²) in [6, 6.07) is 19.6. The van der Waals surface area contributed by atoms with Gasteiger partial charge >= 0.3 is 6.03 Å². The molecule has 7 nitrogen and oxygen atoms in total. The molecule has 3 aromatic rings. The third-order valence-corrected chi connectivity index (χ3v) is 6.08. The van der Waals surface area contributed by atoms with Crippen molar-refractivity contribution < 1.29 is 19.1 Å². The Hall–Kier alpha value is -3.58. The number of hydrogen-bond acceptors (Lipinski definition) is 4. The van der Waals surface area contributed by atoms with Crippen LogP contribution in [0, 0.1) is 0 Å². The molecule has 1 saturated heterocycles. The number of amides is 4. The van der Waals surface area contributed by atoms with E-state index in [4.69, 9.17) is 16.3 Å². The van der Waals surface area contributed by atoms with Crippen molar-refractivity contribution in [2.45, 2.75) is 12.5 Å². The smallest absolute Gasteiger partial charge is 0.325 e. The van der Waals surface area contributed by atoms with Gasteiger partial charge in [0.2, 0.25) is 5.91 Å². The van der Waals surface area contributed by atoms with Crippen LogP contribution < -0.4 is 10.1 Å². The van der Waals surface area contributed by atoms with Crippen LogP contribution in [0.3, 0.4) is 0 Å². The van der Waals surface area contributed by atoms with Gasteiger partial charge in [-0.2, -0.15) is 0 Å². The van der Waals surface area contributed by atoms with E-state index in [1.165, 1.54) is 4.90 Å². The first-order valence-electron chi connectivity index (χ1n) is 10.5. The van der Waals surface area contributed by atoms with Crippen LogP contribution in [0.1, 0.15) is 12.5 Å². The van der Waals surface area contributed by atoms with Crippen molar-refractivity contribution >= 4 is 40.2 Å². The van der Waals surface area contributed by atoms with Crippen LogP contribution in [-0.4, -0.2) is 54.4 Å². The molecule has 1 heterocycles. The Bertz CT molecular complexity index is 1210. The molecule has 4 amide bonds. The Kier molecular flexibility index (Phi) is 6.24. The lowest BCUT2D eigenvalue weighted by Gasteiger charge is -2.24. The van der Waals surface area contributed by atoms with Crippen LogP contribution in [0.4, 0.5) is 4.79 Å². The van der Waals surface area contributed by atoms with Gasteiger partial charge in [0.05, 0.1) is 6.54 Å². The van der Waals surface area contributed by atoms with E-state index in [2.05, 4.69) is 5.32 Å². The van der Waals surface area contributed by atoms with Gasteiger partial charge in [-0.05, 0) is 47.5 Å². The van der Waals surface area contributed by atoms with Crippen molar-refractivity contribution in [3.05, 3.63) is 77.3 Å². The molecule has 1 N–H and O–H groups in total. The van der Waals surface area contributed by atoms with Crippen LogP contribution in [0.5, 0.6) is 5.75 Å². The van der Waals surface area contributed by atoms with Crippen molar-refractivity contribution in [3.63, 3.8) is 0 Å². The standard InChI is InChI=1S/C25H24ClN3O4/c1-25(21-9-5-7-17-6-3-4-8-20(17)21)23(31)29(24(32)27-25)16-22(30)28(2)14-15-33-19-12-10-18(26)11-13-19/h3-13H,14-16H2,1-2H3,(H,27,32). The fraction of sp³-hybridized carbons (Fsp3) is 0.240. The summed E-state index contributed by atoms with van der Waals surface area (Å²) in [7, 11) is 1.61. The average Bonchev–Trinajstić information content (AvgIpc) is 3.03. The number of imide groups is 1. The number of ether oxygens (including phenoxy) is 1. The van der Waals surface area contributed by atoms with Crippen LogP contribution in [0.25, 0.3) is 10.8 Å². The quantitative estimate of drug-likeness (QED) is 0.538. The molecule has 0 spiro atoms. The van der Waals surface area contributed by atoms with Crippen LogP contribution >= 0.6 is 11.6 Å². The second-order valence-corrected chi connectivity index (χ2v) is 8.53. The van der Waals surface area contributed by atoms with Crippen molar-refractivity contribution in [1.82, 2.24) is 15.1 Å². The number of carbonyl (C=O) groups is 3. The Morgan fingerprint density at radius 3 is 2.52 bits per heavy atom. The Morgan fingerprint density at radius 2 is 1.76 bits per heavy atom. The van der Waals surface area contributed by atoms with Gasteiger partial charge in [-0.3, -0.25) is 14.5 Å². The fourth-order valence-electron chi connectivity index (χ4n) is 3.90. The maximum atomic E-state index is 13.3. The number of rotatable bonds is 7. The normalized spacial score (nSPS) is 17.8. The summed E-state index contributed by atoms with van der Waals surface area (Å²) in [6.45, 7) is 1.88. The molecule has 0 aromatic heterocycles. The molecule has 0 aliphatic carbocycles. The summed E-state index contributed by atoms with van der Waals surface area (Å²) in [6.07, 6.45) is 0. The lowest BCUT2D eigenvalue weighted by molar-refractivity contribution is -0.138. The predicted molar refractivity (Wildman–Crippen MR) is 126 cm³/mol. The van der Waals surface area contributed by atoms with Crippen molar-refractivity contribution in [2.24, 2.45) is 0 Å². The molecule has 4 rings (SSSR count). The largest absolute Gasteiger partial charge is 0.492 e. The van der Waals surface area contributed by atoms with Gasteiger partial charge in [0.1, 0.15) is 24.4 Å². The zero-order valence-electron chi connectivity index (χ0n) is 18.4. The summed E-state index contributed by atoms with van der Waals surface area (Å²) in [5.74, 6) is -0.177. The third kappa shape index (κ3) is 4.50. The topological polar surface area (TPSA) is 79.0 Å². The minimum atomic E-state index is -1.26. The Morgan fingerprint density at radius 1 is 1.06 bits per heavy atom. The second kappa shape index (κ2) is 9.11. The molecule has 1 aliphatic rings. The molecule has 1 fully saturated rings. The highest BCUT2D eigenvalue weighted by atomic mass is 35.5. The third-order valence-electron chi connectivity index (χ3n) is 5.83. The molecule has 33 heavy (non-hydrogen) atoms. The lowest BCUT2D eigenvalue weighted by Crippen LogP contribution is -2.44. The van der Waals surface area contributed by atoms with Gasteiger partial charge in [0.15, 0.2) is 0 Å². The Balaban J connectivity index is 1.42. The maximum Gasteiger partial charge on any atom is 0.325 e. The molecule has 1 aliphatic heterocycles. The van der Waals surface area contributed by atoms with Crippen molar-refractivity contribution in [3.8, 4) is 5.75 Å². The van der Waals surface area contributed by atoms with E-state index in [0.29, 0.717) is 22.9 Å². The van der Waals surface area contributed by atoms with Gasteiger partial charge in [0.25, 0.3) is 5.91 Å². The monoisotopic (exact) mass is 465 g/mol. The number of nitrogens with one attached hydrogen (secondary N) is 1. The highest BCUT2D eigenvalue weighted by Gasteiger charge is 2.50. The maximum absolute atomic E-state index is 13.3. The van der Waals surface area contributed by atoms with Gasteiger partial charge < -0.3 is 15.0 Å². The van der Waals surface area contributed by atoms with Gasteiger partial charge in [-0.15, -0.1) is 0 Å². The first kappa shape index (κ1) is 22.6. The van der Waals surface area contributed by atoms with Gasteiger partial charge in [0, 0.05) is 12.1 Å².